The molecular weight excluding hydrogens is 581 g/mol. The second-order valence-electron chi connectivity index (χ2n) is 4.89. The first-order valence-electron chi connectivity index (χ1n) is 6.68. The number of alkyl halides is 3. The number of nitrogens with zero attached hydrogens (tertiary/aromatic N) is 1. The van der Waals surface area contributed by atoms with E-state index in [4.69, 9.17) is 16.7 Å². The lowest BCUT2D eigenvalue weighted by Crippen LogP contribution is -2.19. The highest BCUT2D eigenvalue weighted by Gasteiger charge is 2.37. The number of aromatic carboxylic acids is 1. The van der Waals surface area contributed by atoms with Crippen LogP contribution in [0.4, 0.5) is 11.4 Å². The molecule has 11 heteroatoms. The van der Waals surface area contributed by atoms with E-state index >= 15 is 0 Å². The number of carbonyl (C=O) groups is 2. The number of rotatable bonds is 5. The van der Waals surface area contributed by atoms with Crippen molar-refractivity contribution in [3.05, 3.63) is 53.1 Å². The van der Waals surface area contributed by atoms with E-state index in [0.29, 0.717) is 6.41 Å². The molecule has 0 saturated heterocycles. The van der Waals surface area contributed by atoms with E-state index in [1.165, 1.54) is 42.5 Å². The highest BCUT2D eigenvalue weighted by Crippen LogP contribution is 2.43. The zero-order valence-electron chi connectivity index (χ0n) is 12.6. The maximum atomic E-state index is 12.5. The molecule has 0 atom stereocenters. The van der Waals surface area contributed by atoms with Crippen LogP contribution in [0.15, 0.2) is 47.4 Å². The molecule has 0 heterocycles. The third-order valence-electron chi connectivity index (χ3n) is 3.28. The molecule has 0 fully saturated rings. The highest BCUT2D eigenvalue weighted by atomic mass is 80.0. The van der Waals surface area contributed by atoms with Crippen LogP contribution in [-0.4, -0.2) is 27.4 Å². The van der Waals surface area contributed by atoms with E-state index in [-0.39, 0.29) is 26.9 Å². The number of hydrogen-bond acceptors (Lipinski definition) is 4. The Morgan fingerprint density at radius 2 is 1.73 bits per heavy atom. The predicted octanol–water partition coefficient (Wildman–Crippen LogP) is 4.90. The van der Waals surface area contributed by atoms with Gasteiger partial charge in [0.15, 0.2) is 0 Å². The third kappa shape index (κ3) is 4.30. The predicted molar refractivity (Wildman–Crippen MR) is 110 cm³/mol. The molecule has 2 aromatic carbocycles. The first kappa shape index (κ1) is 21.4. The molecule has 0 aliphatic heterocycles. The zero-order chi connectivity index (χ0) is 19.7. The highest BCUT2D eigenvalue weighted by molar-refractivity contribution is 9.42. The normalized spacial score (nSPS) is 11.8. The van der Waals surface area contributed by atoms with Crippen molar-refractivity contribution in [1.82, 2.24) is 0 Å². The molecule has 0 aliphatic rings. The molecule has 0 unspecified atom stereocenters. The molecule has 2 aromatic rings. The van der Waals surface area contributed by atoms with Gasteiger partial charge in [-0.25, -0.2) is 13.2 Å². The monoisotopic (exact) mass is 587 g/mol. The Labute approximate surface area is 179 Å². The number of hydrogen-bond donors (Lipinski definition) is 1. The summed E-state index contributed by atoms with van der Waals surface area (Å²) in [6.07, 6.45) is 0.474. The first-order chi connectivity index (χ1) is 12.0. The molecule has 6 nitrogen and oxygen atoms in total. The van der Waals surface area contributed by atoms with Gasteiger partial charge < -0.3 is 5.11 Å². The lowest BCUT2D eigenvalue weighted by atomic mass is 10.2. The Balaban J connectivity index is 2.53. The summed E-state index contributed by atoms with van der Waals surface area (Å²) < 4.78 is 23.4. The van der Waals surface area contributed by atoms with Crippen LogP contribution in [0.3, 0.4) is 0 Å². The Morgan fingerprint density at radius 1 is 1.12 bits per heavy atom. The van der Waals surface area contributed by atoms with Crippen LogP contribution in [0, 0.1) is 0 Å². The maximum absolute atomic E-state index is 12.5. The average Bonchev–Trinajstić information content (AvgIpc) is 2.54. The first-order valence-corrected chi connectivity index (χ1v) is 10.9. The summed E-state index contributed by atoms with van der Waals surface area (Å²) in [7, 11) is -3.85. The SMILES string of the molecule is O=CN(c1cccc(S(=O)(=O)C(Br)(Br)Br)c1)c1ccc(C(=O)O)c(Cl)c1. The molecule has 0 aromatic heterocycles. The van der Waals surface area contributed by atoms with Crippen LogP contribution in [-0.2, 0) is 14.6 Å². The minimum atomic E-state index is -3.85. The summed E-state index contributed by atoms with van der Waals surface area (Å²) in [5, 5.41) is 8.97. The van der Waals surface area contributed by atoms with Crippen molar-refractivity contribution >= 4 is 93.0 Å². The van der Waals surface area contributed by atoms with E-state index in [9.17, 15) is 18.0 Å². The van der Waals surface area contributed by atoms with Gasteiger partial charge in [-0.3, -0.25) is 9.69 Å². The molecule has 1 amide bonds. The molecule has 0 spiro atoms. The number of halogens is 4. The van der Waals surface area contributed by atoms with Crippen molar-refractivity contribution in [2.24, 2.45) is 0 Å². The second-order valence-corrected chi connectivity index (χ2v) is 15.7. The minimum absolute atomic E-state index is 0.0500. The Hall–Kier alpha value is -0.940. The smallest absolute Gasteiger partial charge is 0.337 e. The molecule has 1 N–H and O–H groups in total. The summed E-state index contributed by atoms with van der Waals surface area (Å²) >= 11 is 14.9. The van der Waals surface area contributed by atoms with Crippen LogP contribution in [0.5, 0.6) is 0 Å². The van der Waals surface area contributed by atoms with Gasteiger partial charge in [0.25, 0.3) is 0 Å². The molecule has 0 saturated carbocycles. The van der Waals surface area contributed by atoms with Gasteiger partial charge in [0.2, 0.25) is 17.7 Å². The fourth-order valence-corrected chi connectivity index (χ4v) is 4.77. The van der Waals surface area contributed by atoms with Gasteiger partial charge >= 0.3 is 5.97 Å². The van der Waals surface area contributed by atoms with Crippen LogP contribution in [0.25, 0.3) is 0 Å². The summed E-state index contributed by atoms with van der Waals surface area (Å²) in [6, 6.07) is 9.66. The molecule has 138 valence electrons. The van der Waals surface area contributed by atoms with Gasteiger partial charge in [-0.15, -0.1) is 0 Å². The second kappa shape index (κ2) is 7.97. The van der Waals surface area contributed by atoms with Gasteiger partial charge in [-0.05, 0) is 84.2 Å². The number of carbonyl (C=O) groups excluding carboxylic acids is 1. The molecular formula is C15H9Br3ClNO5S. The van der Waals surface area contributed by atoms with E-state index in [0.717, 1.165) is 4.90 Å². The van der Waals surface area contributed by atoms with Gasteiger partial charge in [-0.2, -0.15) is 0 Å². The van der Waals surface area contributed by atoms with E-state index in [1.54, 1.807) is 0 Å². The van der Waals surface area contributed by atoms with E-state index in [1.807, 2.05) is 0 Å². The number of benzene rings is 2. The Bertz CT molecular complexity index is 975. The summed E-state index contributed by atoms with van der Waals surface area (Å²) in [5.74, 6) is -1.20. The summed E-state index contributed by atoms with van der Waals surface area (Å²) in [6.45, 7) is 0. The molecule has 2 rings (SSSR count). The number of anilines is 2. The lowest BCUT2D eigenvalue weighted by molar-refractivity contribution is -0.106. The summed E-state index contributed by atoms with van der Waals surface area (Å²) in [5.41, 5.74) is 0.435. The van der Waals surface area contributed by atoms with E-state index in [2.05, 4.69) is 47.8 Å². The van der Waals surface area contributed by atoms with Crippen LogP contribution in [0.2, 0.25) is 5.02 Å². The largest absolute Gasteiger partial charge is 0.478 e. The lowest BCUT2D eigenvalue weighted by Gasteiger charge is -2.20. The standard InChI is InChI=1S/C15H9Br3ClNO5S/c16-15(17,18)26(24,25)11-3-1-2-9(6-11)20(8-21)10-4-5-12(14(22)23)13(19)7-10/h1-8H,(H,22,23). The topological polar surface area (TPSA) is 91.8 Å². The minimum Gasteiger partial charge on any atom is -0.478 e. The maximum Gasteiger partial charge on any atom is 0.337 e. The van der Waals surface area contributed by atoms with Crippen molar-refractivity contribution in [2.75, 3.05) is 4.90 Å². The molecule has 0 aliphatic carbocycles. The Kier molecular flexibility index (Phi) is 6.55. The van der Waals surface area contributed by atoms with Gasteiger partial charge in [0, 0.05) is 5.69 Å². The fourth-order valence-electron chi connectivity index (χ4n) is 2.03. The van der Waals surface area contributed by atoms with Gasteiger partial charge in [0.1, 0.15) is 0 Å². The van der Waals surface area contributed by atoms with E-state index < -0.39 is 17.3 Å². The summed E-state index contributed by atoms with van der Waals surface area (Å²) in [4.78, 5) is 23.7. The molecule has 0 radical (unpaired) electrons. The van der Waals surface area contributed by atoms with Crippen molar-refractivity contribution < 1.29 is 23.1 Å². The average molecular weight is 590 g/mol. The van der Waals surface area contributed by atoms with Gasteiger partial charge in [-0.1, -0.05) is 17.7 Å². The van der Waals surface area contributed by atoms with Gasteiger partial charge in [0.05, 0.1) is 21.2 Å². The number of sulfone groups is 1. The van der Waals surface area contributed by atoms with Crippen molar-refractivity contribution in [3.63, 3.8) is 0 Å². The number of carboxylic acid groups (broad SMARTS) is 1. The third-order valence-corrected chi connectivity index (χ3v) is 8.91. The molecule has 0 bridgehead atoms. The fraction of sp³-hybridized carbons (Fsp3) is 0.0667. The van der Waals surface area contributed by atoms with Crippen LogP contribution in [0.1, 0.15) is 10.4 Å². The Morgan fingerprint density at radius 3 is 2.23 bits per heavy atom. The quantitative estimate of drug-likeness (QED) is 0.395. The van der Waals surface area contributed by atoms with Crippen molar-refractivity contribution in [3.8, 4) is 0 Å². The zero-order valence-corrected chi connectivity index (χ0v) is 18.9. The molecule has 26 heavy (non-hydrogen) atoms. The van der Waals surface area contributed by atoms with Crippen molar-refractivity contribution in [1.29, 1.82) is 0 Å². The van der Waals surface area contributed by atoms with Crippen LogP contribution < -0.4 is 4.90 Å². The number of carboxylic acids is 1. The van der Waals surface area contributed by atoms with Crippen molar-refractivity contribution in [2.45, 2.75) is 6.37 Å². The van der Waals surface area contributed by atoms with Crippen LogP contribution >= 0.6 is 59.4 Å². The number of amides is 1.